The van der Waals surface area contributed by atoms with Gasteiger partial charge in [-0.15, -0.1) is 0 Å². The number of thiazole rings is 1. The van der Waals surface area contributed by atoms with Crippen LogP contribution in [-0.4, -0.2) is 34.2 Å². The molecule has 186 valence electrons. The quantitative estimate of drug-likeness (QED) is 0.140. The lowest BCUT2D eigenvalue weighted by molar-refractivity contribution is -0.132. The van der Waals surface area contributed by atoms with Crippen molar-refractivity contribution in [2.75, 3.05) is 11.5 Å². The number of Topliss-reactive ketones (excluding diaryl/α,β-unsaturated/α-hetero) is 2. The van der Waals surface area contributed by atoms with Gasteiger partial charge >= 0.3 is 5.91 Å². The van der Waals surface area contributed by atoms with Crippen molar-refractivity contribution in [3.05, 3.63) is 81.6 Å². The van der Waals surface area contributed by atoms with Crippen molar-refractivity contribution < 1.29 is 28.6 Å². The summed E-state index contributed by atoms with van der Waals surface area (Å²) in [6.07, 6.45) is 1.82. The molecular formula is C27H25FN2O5S. The number of rotatable bonds is 8. The number of aliphatic hydroxyl groups is 1. The fourth-order valence-corrected chi connectivity index (χ4v) is 5.02. The van der Waals surface area contributed by atoms with Crippen LogP contribution in [0.4, 0.5) is 9.52 Å². The fourth-order valence-electron chi connectivity index (χ4n) is 4.03. The zero-order valence-corrected chi connectivity index (χ0v) is 20.9. The molecule has 1 N–H and O–H groups in total. The van der Waals surface area contributed by atoms with Gasteiger partial charge < -0.3 is 9.84 Å². The van der Waals surface area contributed by atoms with Crippen molar-refractivity contribution in [2.45, 2.75) is 39.7 Å². The van der Waals surface area contributed by atoms with Gasteiger partial charge in [0.15, 0.2) is 10.9 Å². The molecular weight excluding hydrogens is 483 g/mol. The van der Waals surface area contributed by atoms with Crippen LogP contribution >= 0.6 is 11.3 Å². The Morgan fingerprint density at radius 2 is 1.92 bits per heavy atom. The normalized spacial score (nSPS) is 17.0. The number of unbranched alkanes of at least 4 members (excludes halogenated alkanes) is 1. The van der Waals surface area contributed by atoms with Crippen molar-refractivity contribution >= 4 is 39.7 Å². The maximum absolute atomic E-state index is 13.5. The first-order chi connectivity index (χ1) is 17.2. The second kappa shape index (κ2) is 10.4. The van der Waals surface area contributed by atoms with Crippen LogP contribution in [-0.2, 0) is 9.59 Å². The number of nitrogens with zero attached hydrogens (tertiary/aromatic N) is 2. The molecule has 2 aromatic carbocycles. The predicted molar refractivity (Wildman–Crippen MR) is 135 cm³/mol. The summed E-state index contributed by atoms with van der Waals surface area (Å²) < 4.78 is 19.3. The maximum atomic E-state index is 13.5. The number of hydrogen-bond donors (Lipinski definition) is 1. The summed E-state index contributed by atoms with van der Waals surface area (Å²) in [5.74, 6) is -2.38. The Bertz CT molecular complexity index is 1360. The molecule has 1 fully saturated rings. The number of halogens is 1. The minimum atomic E-state index is -1.03. The van der Waals surface area contributed by atoms with Crippen LogP contribution in [0.3, 0.4) is 0 Å². The molecule has 0 spiro atoms. The molecule has 1 saturated heterocycles. The summed E-state index contributed by atoms with van der Waals surface area (Å²) in [5, 5.41) is 11.3. The average molecular weight is 509 g/mol. The van der Waals surface area contributed by atoms with Gasteiger partial charge in [-0.2, -0.15) is 0 Å². The van der Waals surface area contributed by atoms with Gasteiger partial charge in [-0.1, -0.05) is 36.8 Å². The molecule has 2 heterocycles. The number of amides is 1. The first-order valence-corrected chi connectivity index (χ1v) is 12.3. The molecule has 36 heavy (non-hydrogen) atoms. The molecule has 1 amide bonds. The van der Waals surface area contributed by atoms with Gasteiger partial charge in [0, 0.05) is 12.5 Å². The van der Waals surface area contributed by atoms with Gasteiger partial charge in [-0.3, -0.25) is 19.3 Å². The van der Waals surface area contributed by atoms with Gasteiger partial charge in [0.05, 0.1) is 28.8 Å². The third kappa shape index (κ3) is 4.79. The van der Waals surface area contributed by atoms with Crippen LogP contribution in [0.2, 0.25) is 0 Å². The summed E-state index contributed by atoms with van der Waals surface area (Å²) in [5.41, 5.74) is 0.992. The van der Waals surface area contributed by atoms with Crippen LogP contribution in [0.15, 0.2) is 54.1 Å². The Labute approximate surface area is 211 Å². The van der Waals surface area contributed by atoms with E-state index in [0.29, 0.717) is 28.5 Å². The van der Waals surface area contributed by atoms with Crippen LogP contribution in [0.5, 0.6) is 5.75 Å². The summed E-state index contributed by atoms with van der Waals surface area (Å²) >= 11 is 1.01. The Balaban J connectivity index is 1.89. The molecule has 9 heteroatoms. The molecule has 0 radical (unpaired) electrons. The summed E-state index contributed by atoms with van der Waals surface area (Å²) in [6, 6.07) is 10.9. The largest absolute Gasteiger partial charge is 0.507 e. The van der Waals surface area contributed by atoms with E-state index in [1.54, 1.807) is 31.2 Å². The number of aromatic nitrogens is 1. The molecule has 0 bridgehead atoms. The highest BCUT2D eigenvalue weighted by atomic mass is 32.1. The van der Waals surface area contributed by atoms with E-state index in [1.807, 2.05) is 6.92 Å². The highest BCUT2D eigenvalue weighted by Crippen LogP contribution is 2.44. The molecule has 1 unspecified atom stereocenters. The first-order valence-electron chi connectivity index (χ1n) is 11.5. The highest BCUT2D eigenvalue weighted by molar-refractivity contribution is 7.18. The fraction of sp³-hybridized carbons (Fsp3) is 0.259. The van der Waals surface area contributed by atoms with E-state index in [1.165, 1.54) is 24.0 Å². The van der Waals surface area contributed by atoms with Crippen molar-refractivity contribution in [2.24, 2.45) is 0 Å². The lowest BCUT2D eigenvalue weighted by atomic mass is 9.95. The molecule has 1 aliphatic rings. The van der Waals surface area contributed by atoms with E-state index < -0.39 is 29.3 Å². The predicted octanol–water partition coefficient (Wildman–Crippen LogP) is 5.60. The number of aliphatic hydroxyl groups excluding tert-OH is 1. The van der Waals surface area contributed by atoms with E-state index in [9.17, 15) is 23.9 Å². The SMILES string of the molecule is CCCCOc1cccc(C2/C(=C(\O)c3ccc(F)cc3)C(=O)C(=O)N2c2nc(C)c(C(C)=O)s2)c1. The first kappa shape index (κ1) is 25.2. The number of ketones is 2. The monoisotopic (exact) mass is 508 g/mol. The number of carbonyl (C=O) groups excluding carboxylic acids is 3. The van der Waals surface area contributed by atoms with Crippen molar-refractivity contribution in [3.63, 3.8) is 0 Å². The van der Waals surface area contributed by atoms with Gasteiger partial charge in [0.1, 0.15) is 17.3 Å². The number of hydrogen-bond acceptors (Lipinski definition) is 7. The standard InChI is InChI=1S/C27H25FN2O5S/c1-4-5-13-35-20-8-6-7-18(14-20)22-21(23(32)17-9-11-19(28)12-10-17)24(33)26(34)30(22)27-29-15(2)25(36-27)16(3)31/h6-12,14,22,32H,4-5,13H2,1-3H3/b23-21+. The summed E-state index contributed by atoms with van der Waals surface area (Å²) in [7, 11) is 0. The van der Waals surface area contributed by atoms with E-state index in [2.05, 4.69) is 4.98 Å². The lowest BCUT2D eigenvalue weighted by Gasteiger charge is -2.23. The number of carbonyl (C=O) groups is 3. The number of benzene rings is 2. The van der Waals surface area contributed by atoms with E-state index in [-0.39, 0.29) is 22.1 Å². The topological polar surface area (TPSA) is 96.8 Å². The smallest absolute Gasteiger partial charge is 0.301 e. The van der Waals surface area contributed by atoms with Gasteiger partial charge in [-0.25, -0.2) is 9.37 Å². The molecule has 0 saturated carbocycles. The molecule has 1 aliphatic heterocycles. The van der Waals surface area contributed by atoms with Crippen molar-refractivity contribution in [1.29, 1.82) is 0 Å². The molecule has 0 aliphatic carbocycles. The number of anilines is 1. The van der Waals surface area contributed by atoms with Crippen LogP contribution in [0, 0.1) is 12.7 Å². The van der Waals surface area contributed by atoms with Crippen molar-refractivity contribution in [3.8, 4) is 5.75 Å². The summed E-state index contributed by atoms with van der Waals surface area (Å²) in [6.45, 7) is 5.61. The maximum Gasteiger partial charge on any atom is 0.301 e. The van der Waals surface area contributed by atoms with Gasteiger partial charge in [-0.05, 0) is 55.3 Å². The Kier molecular flexibility index (Phi) is 7.30. The molecule has 1 aromatic heterocycles. The molecule has 1 atom stereocenters. The third-order valence-corrected chi connectivity index (χ3v) is 7.07. The number of aryl methyl sites for hydroxylation is 1. The molecule has 3 aromatic rings. The Morgan fingerprint density at radius 3 is 2.56 bits per heavy atom. The van der Waals surface area contributed by atoms with Crippen LogP contribution in [0.1, 0.15) is 59.2 Å². The van der Waals surface area contributed by atoms with E-state index in [0.717, 1.165) is 36.3 Å². The summed E-state index contributed by atoms with van der Waals surface area (Å²) in [4.78, 5) is 44.6. The van der Waals surface area contributed by atoms with E-state index >= 15 is 0 Å². The van der Waals surface area contributed by atoms with E-state index in [4.69, 9.17) is 4.74 Å². The second-order valence-electron chi connectivity index (χ2n) is 8.42. The highest BCUT2D eigenvalue weighted by Gasteiger charge is 2.48. The zero-order valence-electron chi connectivity index (χ0n) is 20.1. The number of ether oxygens (including phenoxy) is 1. The van der Waals surface area contributed by atoms with Gasteiger partial charge in [0.2, 0.25) is 0 Å². The van der Waals surface area contributed by atoms with Gasteiger partial charge in [0.25, 0.3) is 5.78 Å². The molecule has 4 rings (SSSR count). The van der Waals surface area contributed by atoms with Crippen LogP contribution < -0.4 is 9.64 Å². The van der Waals surface area contributed by atoms with Crippen molar-refractivity contribution in [1.82, 2.24) is 4.98 Å². The van der Waals surface area contributed by atoms with Crippen LogP contribution in [0.25, 0.3) is 5.76 Å². The minimum Gasteiger partial charge on any atom is -0.507 e. The molecule has 7 nitrogen and oxygen atoms in total. The zero-order chi connectivity index (χ0) is 26.0. The Morgan fingerprint density at radius 1 is 1.19 bits per heavy atom. The second-order valence-corrected chi connectivity index (χ2v) is 9.40. The lowest BCUT2D eigenvalue weighted by Crippen LogP contribution is -2.29. The third-order valence-electron chi connectivity index (χ3n) is 5.81. The average Bonchev–Trinajstić information content (AvgIpc) is 3.36. The minimum absolute atomic E-state index is 0.158. The Hall–Kier alpha value is -3.85.